The van der Waals surface area contributed by atoms with Gasteiger partial charge in [-0.2, -0.15) is 0 Å². The molecule has 2 aromatic carbocycles. The minimum Gasteiger partial charge on any atom is -0.507 e. The topological polar surface area (TPSA) is 49.2 Å². The van der Waals surface area contributed by atoms with Crippen LogP contribution in [0.2, 0.25) is 0 Å². The predicted octanol–water partition coefficient (Wildman–Crippen LogP) is 5.72. The Labute approximate surface area is 161 Å². The predicted molar refractivity (Wildman–Crippen MR) is 113 cm³/mol. The normalized spacial score (nSPS) is 11.1. The van der Waals surface area contributed by atoms with Gasteiger partial charge in [-0.1, -0.05) is 44.9 Å². The van der Waals surface area contributed by atoms with E-state index in [-0.39, 0.29) is 5.75 Å². The number of phenolic OH excluding ortho intramolecular Hbond substituents is 1. The number of anilines is 1. The number of phenols is 1. The van der Waals surface area contributed by atoms with Crippen molar-refractivity contribution in [2.75, 3.05) is 18.0 Å². The number of rotatable bonds is 8. The molecule has 0 amide bonds. The molecule has 4 heteroatoms. The third-order valence-corrected chi connectivity index (χ3v) is 4.84. The van der Waals surface area contributed by atoms with Crippen LogP contribution in [0.15, 0.2) is 42.5 Å². The molecule has 1 aromatic heterocycles. The maximum absolute atomic E-state index is 10.3. The summed E-state index contributed by atoms with van der Waals surface area (Å²) in [5.41, 5.74) is 2.77. The van der Waals surface area contributed by atoms with E-state index >= 15 is 0 Å². The highest BCUT2D eigenvalue weighted by Gasteiger charge is 2.16. The molecular weight excluding hydrogens is 334 g/mol. The van der Waals surface area contributed by atoms with Crippen LogP contribution in [0.5, 0.6) is 5.75 Å². The van der Waals surface area contributed by atoms with E-state index in [1.807, 2.05) is 18.2 Å². The summed E-state index contributed by atoms with van der Waals surface area (Å²) >= 11 is 0. The van der Waals surface area contributed by atoms with Gasteiger partial charge in [0.2, 0.25) is 0 Å². The number of aromatic hydroxyl groups is 1. The summed E-state index contributed by atoms with van der Waals surface area (Å²) in [5.74, 6) is 1.77. The number of para-hydroxylation sites is 1. The zero-order valence-electron chi connectivity index (χ0n) is 16.6. The molecule has 3 rings (SSSR count). The van der Waals surface area contributed by atoms with Crippen molar-refractivity contribution in [3.63, 3.8) is 0 Å². The van der Waals surface area contributed by atoms with Crippen molar-refractivity contribution in [2.24, 2.45) is 0 Å². The molecule has 0 saturated heterocycles. The van der Waals surface area contributed by atoms with Crippen molar-refractivity contribution in [1.29, 1.82) is 0 Å². The van der Waals surface area contributed by atoms with Crippen LogP contribution >= 0.6 is 0 Å². The molecule has 0 spiro atoms. The Morgan fingerprint density at radius 2 is 1.63 bits per heavy atom. The van der Waals surface area contributed by atoms with Crippen molar-refractivity contribution >= 4 is 16.7 Å². The lowest BCUT2D eigenvalue weighted by molar-refractivity contribution is 0.477. The zero-order valence-corrected chi connectivity index (χ0v) is 16.6. The highest BCUT2D eigenvalue weighted by atomic mass is 16.3. The minimum absolute atomic E-state index is 0.212. The quantitative estimate of drug-likeness (QED) is 0.556. The molecule has 0 aliphatic carbocycles. The molecule has 0 radical (unpaired) electrons. The Bertz CT molecular complexity index is 899. The fourth-order valence-electron chi connectivity index (χ4n) is 3.27. The second-order valence-corrected chi connectivity index (χ2v) is 7.10. The highest BCUT2D eigenvalue weighted by molar-refractivity contribution is 5.91. The minimum atomic E-state index is 0.212. The second kappa shape index (κ2) is 8.85. The molecule has 0 aliphatic heterocycles. The average molecular weight is 364 g/mol. The van der Waals surface area contributed by atoms with Gasteiger partial charge in [0.1, 0.15) is 11.6 Å². The molecule has 0 saturated carbocycles. The molecule has 0 bridgehead atoms. The van der Waals surface area contributed by atoms with Gasteiger partial charge in [-0.25, -0.2) is 9.97 Å². The third-order valence-electron chi connectivity index (χ3n) is 4.84. The van der Waals surface area contributed by atoms with Crippen molar-refractivity contribution < 1.29 is 5.11 Å². The van der Waals surface area contributed by atoms with Crippen LogP contribution in [0.25, 0.3) is 22.3 Å². The smallest absolute Gasteiger partial charge is 0.165 e. The fraction of sp³-hybridized carbons (Fsp3) is 0.391. The van der Waals surface area contributed by atoms with Gasteiger partial charge < -0.3 is 10.0 Å². The largest absolute Gasteiger partial charge is 0.507 e. The lowest BCUT2D eigenvalue weighted by atomic mass is 10.1. The van der Waals surface area contributed by atoms with Crippen LogP contribution in [0.3, 0.4) is 0 Å². The van der Waals surface area contributed by atoms with Gasteiger partial charge in [-0.05, 0) is 49.6 Å². The first kappa shape index (κ1) is 19.2. The first-order chi connectivity index (χ1) is 13.1. The van der Waals surface area contributed by atoms with Crippen molar-refractivity contribution in [1.82, 2.24) is 9.97 Å². The van der Waals surface area contributed by atoms with E-state index in [0.29, 0.717) is 11.4 Å². The lowest BCUT2D eigenvalue weighted by Gasteiger charge is -2.25. The van der Waals surface area contributed by atoms with E-state index in [0.717, 1.165) is 55.5 Å². The number of hydrogen-bond donors (Lipinski definition) is 1. The number of unbranched alkanes of at least 4 members (excludes halogenated alkanes) is 2. The molecular formula is C23H29N3O. The van der Waals surface area contributed by atoms with E-state index < -0.39 is 0 Å². The maximum Gasteiger partial charge on any atom is 0.165 e. The van der Waals surface area contributed by atoms with Crippen LogP contribution in [0.1, 0.15) is 45.1 Å². The third kappa shape index (κ3) is 4.38. The monoisotopic (exact) mass is 363 g/mol. The number of benzene rings is 2. The van der Waals surface area contributed by atoms with Gasteiger partial charge in [0, 0.05) is 18.5 Å². The standard InChI is InChI=1S/C23H29N3O/c1-4-6-14-26(15-7-5-2)23-18-13-12-17(3)16-20(18)24-22(25-23)19-10-8-9-11-21(19)27/h8-13,16,27H,4-7,14-15H2,1-3H3. The van der Waals surface area contributed by atoms with Crippen molar-refractivity contribution in [2.45, 2.75) is 46.5 Å². The van der Waals surface area contributed by atoms with Crippen LogP contribution in [0.4, 0.5) is 5.82 Å². The molecule has 0 unspecified atom stereocenters. The average Bonchev–Trinajstić information content (AvgIpc) is 2.67. The number of aromatic nitrogens is 2. The molecule has 1 heterocycles. The van der Waals surface area contributed by atoms with Gasteiger partial charge >= 0.3 is 0 Å². The van der Waals surface area contributed by atoms with Gasteiger partial charge in [0.05, 0.1) is 11.1 Å². The van der Waals surface area contributed by atoms with Crippen LogP contribution < -0.4 is 4.90 Å². The number of aryl methyl sites for hydroxylation is 1. The van der Waals surface area contributed by atoms with Crippen molar-refractivity contribution in [3.8, 4) is 17.1 Å². The van der Waals surface area contributed by atoms with E-state index in [2.05, 4.69) is 43.9 Å². The zero-order chi connectivity index (χ0) is 19.2. The highest BCUT2D eigenvalue weighted by Crippen LogP contribution is 2.32. The fourth-order valence-corrected chi connectivity index (χ4v) is 3.27. The maximum atomic E-state index is 10.3. The summed E-state index contributed by atoms with van der Waals surface area (Å²) in [6.45, 7) is 8.47. The Balaban J connectivity index is 2.17. The Morgan fingerprint density at radius 1 is 0.926 bits per heavy atom. The SMILES string of the molecule is CCCCN(CCCC)c1nc(-c2ccccc2O)nc2cc(C)ccc12. The van der Waals surface area contributed by atoms with Gasteiger partial charge in [-0.3, -0.25) is 0 Å². The Morgan fingerprint density at radius 3 is 2.30 bits per heavy atom. The molecule has 3 aromatic rings. The first-order valence-corrected chi connectivity index (χ1v) is 9.95. The van der Waals surface area contributed by atoms with Gasteiger partial charge in [-0.15, -0.1) is 0 Å². The Kier molecular flexibility index (Phi) is 6.28. The first-order valence-electron chi connectivity index (χ1n) is 9.95. The molecule has 1 N–H and O–H groups in total. The van der Waals surface area contributed by atoms with Gasteiger partial charge in [0.25, 0.3) is 0 Å². The molecule has 4 nitrogen and oxygen atoms in total. The van der Waals surface area contributed by atoms with Gasteiger partial charge in [0.15, 0.2) is 5.82 Å². The van der Waals surface area contributed by atoms with Crippen LogP contribution in [0, 0.1) is 6.92 Å². The van der Waals surface area contributed by atoms with E-state index in [1.54, 1.807) is 6.07 Å². The summed E-state index contributed by atoms with van der Waals surface area (Å²) < 4.78 is 0. The molecule has 27 heavy (non-hydrogen) atoms. The number of hydrogen-bond acceptors (Lipinski definition) is 4. The molecule has 0 atom stereocenters. The summed E-state index contributed by atoms with van der Waals surface area (Å²) in [6, 6.07) is 13.6. The molecule has 0 fully saturated rings. The summed E-state index contributed by atoms with van der Waals surface area (Å²) in [7, 11) is 0. The molecule has 142 valence electrons. The van der Waals surface area contributed by atoms with E-state index in [9.17, 15) is 5.11 Å². The summed E-state index contributed by atoms with van der Waals surface area (Å²) in [6.07, 6.45) is 4.56. The summed E-state index contributed by atoms with van der Waals surface area (Å²) in [5, 5.41) is 11.4. The lowest BCUT2D eigenvalue weighted by Crippen LogP contribution is -2.27. The summed E-state index contributed by atoms with van der Waals surface area (Å²) in [4.78, 5) is 12.1. The Hall–Kier alpha value is -2.62. The van der Waals surface area contributed by atoms with Crippen LogP contribution in [-0.2, 0) is 0 Å². The van der Waals surface area contributed by atoms with E-state index in [4.69, 9.17) is 9.97 Å². The number of fused-ring (bicyclic) bond motifs is 1. The van der Waals surface area contributed by atoms with Crippen molar-refractivity contribution in [3.05, 3.63) is 48.0 Å². The molecule has 0 aliphatic rings. The second-order valence-electron chi connectivity index (χ2n) is 7.10. The van der Waals surface area contributed by atoms with Crippen LogP contribution in [-0.4, -0.2) is 28.2 Å². The number of nitrogens with zero attached hydrogens (tertiary/aromatic N) is 3. The van der Waals surface area contributed by atoms with E-state index in [1.165, 1.54) is 5.56 Å².